The van der Waals surface area contributed by atoms with Gasteiger partial charge in [-0.3, -0.25) is 0 Å². The Morgan fingerprint density at radius 1 is 1.28 bits per heavy atom. The van der Waals surface area contributed by atoms with Crippen molar-refractivity contribution < 1.29 is 19.4 Å². The number of hydrogen-bond donors (Lipinski definition) is 2. The summed E-state index contributed by atoms with van der Waals surface area (Å²) in [6.45, 7) is 2.31. The minimum Gasteiger partial charge on any atom is -0.496 e. The molecule has 6 heteroatoms. The molecule has 2 aromatic rings. The number of piperidine rings is 1. The lowest BCUT2D eigenvalue weighted by Gasteiger charge is -2.22. The summed E-state index contributed by atoms with van der Waals surface area (Å²) < 4.78 is 11.1. The number of nitrogens with zero attached hydrogens (tertiary/aromatic N) is 1. The van der Waals surface area contributed by atoms with Crippen molar-refractivity contribution in [1.82, 2.24) is 10.3 Å². The summed E-state index contributed by atoms with van der Waals surface area (Å²) in [4.78, 5) is 15.7. The first-order chi connectivity index (χ1) is 12.2. The average Bonchev–Trinajstić information content (AvgIpc) is 2.67. The second-order valence-electron chi connectivity index (χ2n) is 6.05. The smallest absolute Gasteiger partial charge is 0.335 e. The molecule has 1 fully saturated rings. The summed E-state index contributed by atoms with van der Waals surface area (Å²) in [5, 5.41) is 12.4. The Bertz CT molecular complexity index is 742. The van der Waals surface area contributed by atoms with Crippen molar-refractivity contribution in [2.24, 2.45) is 0 Å². The third-order valence-corrected chi connectivity index (χ3v) is 4.41. The standard InChI is InChI=1S/C19H22N2O4/c1-24-17-11-14(19(22)23)5-6-15(17)12-25-18-4-2-3-16(21-18)13-7-9-20-10-8-13/h2-6,11,13,20H,7-10,12H2,1H3,(H,22,23). The monoisotopic (exact) mass is 342 g/mol. The normalized spacial score (nSPS) is 14.9. The number of carboxylic acids is 1. The van der Waals surface area contributed by atoms with Crippen LogP contribution in [0.25, 0.3) is 0 Å². The third-order valence-electron chi connectivity index (χ3n) is 4.41. The number of nitrogens with one attached hydrogen (secondary N) is 1. The van der Waals surface area contributed by atoms with Gasteiger partial charge in [0.25, 0.3) is 0 Å². The van der Waals surface area contributed by atoms with E-state index in [1.165, 1.54) is 13.2 Å². The molecule has 1 aromatic heterocycles. The first kappa shape index (κ1) is 17.2. The molecule has 2 heterocycles. The number of carbonyl (C=O) groups is 1. The van der Waals surface area contributed by atoms with E-state index in [0.717, 1.165) is 37.2 Å². The average molecular weight is 342 g/mol. The maximum Gasteiger partial charge on any atom is 0.335 e. The fourth-order valence-corrected chi connectivity index (χ4v) is 3.00. The number of ether oxygens (including phenoxy) is 2. The largest absolute Gasteiger partial charge is 0.496 e. The fourth-order valence-electron chi connectivity index (χ4n) is 3.00. The first-order valence-corrected chi connectivity index (χ1v) is 8.38. The Kier molecular flexibility index (Phi) is 5.50. The molecule has 1 aliphatic rings. The molecule has 0 amide bonds. The Labute approximate surface area is 146 Å². The van der Waals surface area contributed by atoms with Gasteiger partial charge in [-0.25, -0.2) is 9.78 Å². The molecule has 0 aliphatic carbocycles. The highest BCUT2D eigenvalue weighted by molar-refractivity contribution is 5.88. The number of carboxylic acid groups (broad SMARTS) is 1. The minimum absolute atomic E-state index is 0.187. The molecule has 1 aromatic carbocycles. The number of hydrogen-bond acceptors (Lipinski definition) is 5. The van der Waals surface area contributed by atoms with Crippen LogP contribution in [0.5, 0.6) is 11.6 Å². The van der Waals surface area contributed by atoms with Gasteiger partial charge >= 0.3 is 5.97 Å². The molecule has 0 radical (unpaired) electrons. The van der Waals surface area contributed by atoms with E-state index in [-0.39, 0.29) is 12.2 Å². The predicted molar refractivity (Wildman–Crippen MR) is 93.4 cm³/mol. The lowest BCUT2D eigenvalue weighted by atomic mass is 9.94. The number of aromatic nitrogens is 1. The van der Waals surface area contributed by atoms with Crippen LogP contribution < -0.4 is 14.8 Å². The SMILES string of the molecule is COc1cc(C(=O)O)ccc1COc1cccc(C2CCNCC2)n1. The molecule has 0 unspecified atom stereocenters. The number of rotatable bonds is 6. The highest BCUT2D eigenvalue weighted by Crippen LogP contribution is 2.26. The van der Waals surface area contributed by atoms with Crippen molar-refractivity contribution in [3.63, 3.8) is 0 Å². The first-order valence-electron chi connectivity index (χ1n) is 8.38. The van der Waals surface area contributed by atoms with Gasteiger partial charge in [-0.05, 0) is 44.1 Å². The van der Waals surface area contributed by atoms with E-state index in [2.05, 4.69) is 10.3 Å². The fraction of sp³-hybridized carbons (Fsp3) is 0.368. The van der Waals surface area contributed by atoms with Crippen molar-refractivity contribution in [2.45, 2.75) is 25.4 Å². The predicted octanol–water partition coefficient (Wildman–Crippen LogP) is 2.83. The summed E-state index contributed by atoms with van der Waals surface area (Å²) in [6, 6.07) is 10.6. The summed E-state index contributed by atoms with van der Waals surface area (Å²) in [5.41, 5.74) is 2.03. The molecule has 0 saturated carbocycles. The highest BCUT2D eigenvalue weighted by Gasteiger charge is 2.17. The van der Waals surface area contributed by atoms with Gasteiger partial charge in [-0.1, -0.05) is 12.1 Å². The van der Waals surface area contributed by atoms with Gasteiger partial charge in [0.05, 0.1) is 12.7 Å². The maximum atomic E-state index is 11.0. The lowest BCUT2D eigenvalue weighted by Crippen LogP contribution is -2.27. The van der Waals surface area contributed by atoms with E-state index in [9.17, 15) is 4.79 Å². The molecular formula is C19H22N2O4. The van der Waals surface area contributed by atoms with E-state index in [0.29, 0.717) is 17.5 Å². The molecule has 6 nitrogen and oxygen atoms in total. The van der Waals surface area contributed by atoms with Gasteiger partial charge in [0.15, 0.2) is 0 Å². The molecule has 25 heavy (non-hydrogen) atoms. The zero-order chi connectivity index (χ0) is 17.6. The zero-order valence-corrected chi connectivity index (χ0v) is 14.2. The Morgan fingerprint density at radius 3 is 2.80 bits per heavy atom. The second-order valence-corrected chi connectivity index (χ2v) is 6.05. The van der Waals surface area contributed by atoms with Crippen LogP contribution in [0.1, 0.15) is 40.4 Å². The van der Waals surface area contributed by atoms with Crippen molar-refractivity contribution in [3.8, 4) is 11.6 Å². The molecule has 0 atom stereocenters. The van der Waals surface area contributed by atoms with Crippen molar-refractivity contribution in [2.75, 3.05) is 20.2 Å². The summed E-state index contributed by atoms with van der Waals surface area (Å²) in [5.74, 6) is 0.547. The molecule has 3 rings (SSSR count). The molecule has 1 saturated heterocycles. The molecule has 0 bridgehead atoms. The number of benzene rings is 1. The van der Waals surface area contributed by atoms with E-state index < -0.39 is 5.97 Å². The van der Waals surface area contributed by atoms with Crippen molar-refractivity contribution in [1.29, 1.82) is 0 Å². The van der Waals surface area contributed by atoms with Gasteiger partial charge in [-0.15, -0.1) is 0 Å². The third kappa shape index (κ3) is 4.28. The maximum absolute atomic E-state index is 11.0. The van der Waals surface area contributed by atoms with E-state index >= 15 is 0 Å². The Hall–Kier alpha value is -2.60. The van der Waals surface area contributed by atoms with Crippen LogP contribution in [0, 0.1) is 0 Å². The quantitative estimate of drug-likeness (QED) is 0.840. The molecule has 2 N–H and O–H groups in total. The number of methoxy groups -OCH3 is 1. The molecule has 132 valence electrons. The van der Waals surface area contributed by atoms with Crippen LogP contribution in [-0.2, 0) is 6.61 Å². The number of pyridine rings is 1. The number of aromatic carboxylic acids is 1. The van der Waals surface area contributed by atoms with E-state index in [4.69, 9.17) is 14.6 Å². The topological polar surface area (TPSA) is 80.7 Å². The van der Waals surface area contributed by atoms with Gasteiger partial charge in [0.2, 0.25) is 5.88 Å². The van der Waals surface area contributed by atoms with Gasteiger partial charge in [0, 0.05) is 23.2 Å². The summed E-state index contributed by atoms with van der Waals surface area (Å²) >= 11 is 0. The minimum atomic E-state index is -0.984. The zero-order valence-electron chi connectivity index (χ0n) is 14.2. The van der Waals surface area contributed by atoms with Crippen LogP contribution in [0.4, 0.5) is 0 Å². The molecular weight excluding hydrogens is 320 g/mol. The summed E-state index contributed by atoms with van der Waals surface area (Å²) in [6.07, 6.45) is 2.17. The van der Waals surface area contributed by atoms with Gasteiger partial charge in [-0.2, -0.15) is 0 Å². The van der Waals surface area contributed by atoms with Gasteiger partial charge < -0.3 is 19.9 Å². The second kappa shape index (κ2) is 7.98. The van der Waals surface area contributed by atoms with Crippen LogP contribution >= 0.6 is 0 Å². The van der Waals surface area contributed by atoms with Gasteiger partial charge in [0.1, 0.15) is 12.4 Å². The molecule has 0 spiro atoms. The van der Waals surface area contributed by atoms with Crippen LogP contribution in [0.15, 0.2) is 36.4 Å². The highest BCUT2D eigenvalue weighted by atomic mass is 16.5. The van der Waals surface area contributed by atoms with Crippen LogP contribution in [0.2, 0.25) is 0 Å². The van der Waals surface area contributed by atoms with E-state index in [1.54, 1.807) is 12.1 Å². The van der Waals surface area contributed by atoms with Crippen molar-refractivity contribution >= 4 is 5.97 Å². The lowest BCUT2D eigenvalue weighted by molar-refractivity contribution is 0.0696. The van der Waals surface area contributed by atoms with E-state index in [1.807, 2.05) is 18.2 Å². The van der Waals surface area contributed by atoms with Crippen LogP contribution in [0.3, 0.4) is 0 Å². The van der Waals surface area contributed by atoms with Crippen molar-refractivity contribution in [3.05, 3.63) is 53.2 Å². The Morgan fingerprint density at radius 2 is 2.08 bits per heavy atom. The molecule has 1 aliphatic heterocycles. The van der Waals surface area contributed by atoms with Crippen LogP contribution in [-0.4, -0.2) is 36.3 Å². The Balaban J connectivity index is 1.70. The summed E-state index contributed by atoms with van der Waals surface area (Å²) in [7, 11) is 1.51.